The number of rotatable bonds is 2. The molecular formula is C9H13N7O2. The molecule has 3 heterocycles. The number of likely N-dealkylation sites (N-methyl/N-ethyl adjacent to an activating group) is 1. The number of anilines is 2. The number of nitrogens with two attached hydrogens (primary N) is 1. The molecule has 1 aliphatic heterocycles. The van der Waals surface area contributed by atoms with E-state index in [0.717, 1.165) is 26.2 Å². The van der Waals surface area contributed by atoms with Gasteiger partial charge < -0.3 is 20.1 Å². The summed E-state index contributed by atoms with van der Waals surface area (Å²) in [6.45, 7) is 3.67. The van der Waals surface area contributed by atoms with E-state index in [4.69, 9.17) is 10.3 Å². The van der Waals surface area contributed by atoms with Gasteiger partial charge in [0.25, 0.3) is 11.8 Å². The Labute approximate surface area is 102 Å². The van der Waals surface area contributed by atoms with E-state index in [1.54, 1.807) is 0 Å². The van der Waals surface area contributed by atoms with Crippen molar-refractivity contribution in [2.24, 2.45) is 0 Å². The summed E-state index contributed by atoms with van der Waals surface area (Å²) in [5.41, 5.74) is 5.84. The molecule has 9 heteroatoms. The first-order valence-electron chi connectivity index (χ1n) is 5.59. The third-order valence-electron chi connectivity index (χ3n) is 2.92. The van der Waals surface area contributed by atoms with Crippen molar-refractivity contribution in [3.63, 3.8) is 0 Å². The van der Waals surface area contributed by atoms with Gasteiger partial charge in [-0.05, 0) is 22.5 Å². The molecular weight excluding hydrogens is 238 g/mol. The summed E-state index contributed by atoms with van der Waals surface area (Å²) < 4.78 is 9.61. The van der Waals surface area contributed by atoms with E-state index in [-0.39, 0.29) is 17.4 Å². The molecule has 0 aromatic carbocycles. The Morgan fingerprint density at radius 2 is 1.89 bits per heavy atom. The first kappa shape index (κ1) is 11.0. The summed E-state index contributed by atoms with van der Waals surface area (Å²) >= 11 is 0. The average Bonchev–Trinajstić information content (AvgIpc) is 2.98. The fourth-order valence-electron chi connectivity index (χ4n) is 1.79. The molecule has 3 rings (SSSR count). The molecule has 0 saturated carbocycles. The Hall–Kier alpha value is -2.16. The molecule has 2 N–H and O–H groups in total. The van der Waals surface area contributed by atoms with Gasteiger partial charge in [0.2, 0.25) is 11.5 Å². The number of aromatic nitrogens is 4. The van der Waals surface area contributed by atoms with Gasteiger partial charge in [0.1, 0.15) is 0 Å². The minimum atomic E-state index is 0.142. The zero-order chi connectivity index (χ0) is 12.5. The second kappa shape index (κ2) is 4.26. The SMILES string of the molecule is CN1CCN(c2noc(-c3nonc3N)n2)CC1. The van der Waals surface area contributed by atoms with Crippen molar-refractivity contribution < 1.29 is 9.15 Å². The normalized spacial score (nSPS) is 17.3. The Morgan fingerprint density at radius 1 is 1.11 bits per heavy atom. The molecule has 18 heavy (non-hydrogen) atoms. The van der Waals surface area contributed by atoms with Crippen LogP contribution in [-0.2, 0) is 0 Å². The zero-order valence-electron chi connectivity index (χ0n) is 9.91. The molecule has 96 valence electrons. The lowest BCUT2D eigenvalue weighted by molar-refractivity contribution is 0.307. The van der Waals surface area contributed by atoms with Crippen LogP contribution in [0.2, 0.25) is 0 Å². The van der Waals surface area contributed by atoms with E-state index >= 15 is 0 Å². The number of hydrogen-bond acceptors (Lipinski definition) is 9. The fraction of sp³-hybridized carbons (Fsp3) is 0.556. The summed E-state index contributed by atoms with van der Waals surface area (Å²) in [5, 5.41) is 11.0. The Morgan fingerprint density at radius 3 is 2.56 bits per heavy atom. The predicted octanol–water partition coefficient (Wildman–Crippen LogP) is -0.546. The lowest BCUT2D eigenvalue weighted by atomic mass is 10.3. The highest BCUT2D eigenvalue weighted by Crippen LogP contribution is 2.22. The van der Waals surface area contributed by atoms with Crippen molar-refractivity contribution >= 4 is 11.8 Å². The van der Waals surface area contributed by atoms with Crippen LogP contribution < -0.4 is 10.6 Å². The zero-order valence-corrected chi connectivity index (χ0v) is 9.91. The van der Waals surface area contributed by atoms with Crippen LogP contribution in [0.1, 0.15) is 0 Å². The molecule has 0 bridgehead atoms. The number of nitrogen functional groups attached to an aromatic ring is 1. The van der Waals surface area contributed by atoms with E-state index in [1.807, 2.05) is 0 Å². The van der Waals surface area contributed by atoms with Crippen molar-refractivity contribution in [1.82, 2.24) is 25.4 Å². The van der Waals surface area contributed by atoms with Crippen LogP contribution in [0.4, 0.5) is 11.8 Å². The number of nitrogens with zero attached hydrogens (tertiary/aromatic N) is 6. The van der Waals surface area contributed by atoms with Gasteiger partial charge in [0.15, 0.2) is 0 Å². The summed E-state index contributed by atoms with van der Waals surface area (Å²) in [6.07, 6.45) is 0. The molecule has 0 aliphatic carbocycles. The standard InChI is InChI=1S/C9H13N7O2/c1-15-2-4-16(5-3-15)9-11-8(17-14-9)6-7(10)13-18-12-6/h2-5H2,1H3,(H2,10,13). The number of hydrogen-bond donors (Lipinski definition) is 1. The van der Waals surface area contributed by atoms with Gasteiger partial charge in [-0.3, -0.25) is 0 Å². The highest BCUT2D eigenvalue weighted by atomic mass is 16.6. The number of piperazine rings is 1. The van der Waals surface area contributed by atoms with E-state index in [9.17, 15) is 0 Å². The van der Waals surface area contributed by atoms with E-state index in [0.29, 0.717) is 5.95 Å². The van der Waals surface area contributed by atoms with Crippen LogP contribution in [0.15, 0.2) is 9.15 Å². The van der Waals surface area contributed by atoms with Gasteiger partial charge in [-0.25, -0.2) is 4.63 Å². The van der Waals surface area contributed by atoms with E-state index in [1.165, 1.54) is 0 Å². The van der Waals surface area contributed by atoms with Crippen molar-refractivity contribution in [2.75, 3.05) is 43.9 Å². The maximum Gasteiger partial charge on any atom is 0.285 e. The molecule has 9 nitrogen and oxygen atoms in total. The van der Waals surface area contributed by atoms with Gasteiger partial charge >= 0.3 is 0 Å². The Balaban J connectivity index is 1.80. The topological polar surface area (TPSA) is 110 Å². The smallest absolute Gasteiger partial charge is 0.285 e. The second-order valence-electron chi connectivity index (χ2n) is 4.19. The van der Waals surface area contributed by atoms with Crippen molar-refractivity contribution in [3.05, 3.63) is 0 Å². The first-order chi connectivity index (χ1) is 8.74. The first-order valence-corrected chi connectivity index (χ1v) is 5.59. The summed E-state index contributed by atoms with van der Waals surface area (Å²) in [7, 11) is 2.08. The maximum absolute atomic E-state index is 5.56. The van der Waals surface area contributed by atoms with Crippen molar-refractivity contribution in [3.8, 4) is 11.6 Å². The maximum atomic E-state index is 5.56. The van der Waals surface area contributed by atoms with Crippen LogP contribution in [-0.4, -0.2) is 58.6 Å². The van der Waals surface area contributed by atoms with E-state index < -0.39 is 0 Å². The molecule has 0 atom stereocenters. The van der Waals surface area contributed by atoms with Crippen molar-refractivity contribution in [1.29, 1.82) is 0 Å². The summed E-state index contributed by atoms with van der Waals surface area (Å²) in [5.74, 6) is 0.909. The van der Waals surface area contributed by atoms with Crippen LogP contribution in [0.5, 0.6) is 0 Å². The van der Waals surface area contributed by atoms with E-state index in [2.05, 4.69) is 41.9 Å². The van der Waals surface area contributed by atoms with Crippen LogP contribution in [0.3, 0.4) is 0 Å². The molecule has 0 unspecified atom stereocenters. The fourth-order valence-corrected chi connectivity index (χ4v) is 1.79. The van der Waals surface area contributed by atoms with Gasteiger partial charge in [0, 0.05) is 26.2 Å². The van der Waals surface area contributed by atoms with Gasteiger partial charge in [0.05, 0.1) is 0 Å². The largest absolute Gasteiger partial charge is 0.379 e. The van der Waals surface area contributed by atoms with Crippen molar-refractivity contribution in [2.45, 2.75) is 0 Å². The third kappa shape index (κ3) is 1.88. The summed E-state index contributed by atoms with van der Waals surface area (Å²) in [6, 6.07) is 0. The van der Waals surface area contributed by atoms with Gasteiger partial charge in [-0.15, -0.1) is 0 Å². The molecule has 0 spiro atoms. The molecule has 1 saturated heterocycles. The average molecular weight is 251 g/mol. The predicted molar refractivity (Wildman–Crippen MR) is 61.7 cm³/mol. The second-order valence-corrected chi connectivity index (χ2v) is 4.19. The third-order valence-corrected chi connectivity index (χ3v) is 2.92. The molecule has 0 amide bonds. The Kier molecular flexibility index (Phi) is 2.59. The minimum Gasteiger partial charge on any atom is -0.379 e. The molecule has 1 fully saturated rings. The van der Waals surface area contributed by atoms with Crippen LogP contribution >= 0.6 is 0 Å². The molecule has 2 aromatic heterocycles. The lowest BCUT2D eigenvalue weighted by Gasteiger charge is -2.31. The summed E-state index contributed by atoms with van der Waals surface area (Å²) in [4.78, 5) is 8.55. The highest BCUT2D eigenvalue weighted by molar-refractivity contribution is 5.61. The lowest BCUT2D eigenvalue weighted by Crippen LogP contribution is -2.44. The Bertz CT molecular complexity index is 529. The minimum absolute atomic E-state index is 0.142. The monoisotopic (exact) mass is 251 g/mol. The quantitative estimate of drug-likeness (QED) is 0.751. The molecule has 2 aromatic rings. The van der Waals surface area contributed by atoms with Gasteiger partial charge in [-0.2, -0.15) is 4.98 Å². The molecule has 1 aliphatic rings. The molecule has 0 radical (unpaired) electrons. The van der Waals surface area contributed by atoms with Crippen LogP contribution in [0.25, 0.3) is 11.6 Å². The van der Waals surface area contributed by atoms with Gasteiger partial charge in [-0.1, -0.05) is 0 Å². The van der Waals surface area contributed by atoms with Crippen LogP contribution in [0, 0.1) is 0 Å². The highest BCUT2D eigenvalue weighted by Gasteiger charge is 2.22.